The maximum Gasteiger partial charge on any atom is 0.0577 e. The van der Waals surface area contributed by atoms with Crippen LogP contribution in [-0.2, 0) is 0 Å². The van der Waals surface area contributed by atoms with Crippen molar-refractivity contribution in [2.24, 2.45) is 46.3 Å². The fourth-order valence-electron chi connectivity index (χ4n) is 8.67. The fraction of sp³-hybridized carbons (Fsp3) is 0.931. The highest BCUT2D eigenvalue weighted by atomic mass is 16.3. The van der Waals surface area contributed by atoms with E-state index in [-0.39, 0.29) is 6.10 Å². The van der Waals surface area contributed by atoms with Crippen LogP contribution in [0.25, 0.3) is 0 Å². The van der Waals surface area contributed by atoms with Gasteiger partial charge in [0.05, 0.1) is 6.10 Å². The third kappa shape index (κ3) is 4.31. The Hall–Kier alpha value is -0.300. The van der Waals surface area contributed by atoms with Crippen molar-refractivity contribution < 1.29 is 5.11 Å². The van der Waals surface area contributed by atoms with Crippen molar-refractivity contribution in [3.63, 3.8) is 0 Å². The van der Waals surface area contributed by atoms with Crippen molar-refractivity contribution >= 4 is 0 Å². The minimum Gasteiger partial charge on any atom is -0.393 e. The van der Waals surface area contributed by atoms with Crippen LogP contribution >= 0.6 is 0 Å². The number of fused-ring (bicyclic) bond motifs is 5. The van der Waals surface area contributed by atoms with Gasteiger partial charge in [0.1, 0.15) is 0 Å². The molecule has 0 aromatic heterocycles. The van der Waals surface area contributed by atoms with Crippen LogP contribution in [0.15, 0.2) is 11.6 Å². The highest BCUT2D eigenvalue weighted by molar-refractivity contribution is 5.25. The van der Waals surface area contributed by atoms with Gasteiger partial charge >= 0.3 is 0 Å². The average Bonchev–Trinajstić information content (AvgIpc) is 3.07. The van der Waals surface area contributed by atoms with Crippen LogP contribution in [0.4, 0.5) is 0 Å². The third-order valence-electron chi connectivity index (χ3n) is 10.3. The molecule has 4 aliphatic rings. The maximum absolute atomic E-state index is 10.2. The Morgan fingerprint density at radius 2 is 1.70 bits per heavy atom. The van der Waals surface area contributed by atoms with Crippen molar-refractivity contribution in [2.45, 2.75) is 125 Å². The first-order valence-electron chi connectivity index (χ1n) is 13.6. The predicted molar refractivity (Wildman–Crippen MR) is 130 cm³/mol. The summed E-state index contributed by atoms with van der Waals surface area (Å²) in [5.41, 5.74) is 2.60. The monoisotopic (exact) mass is 416 g/mol. The van der Waals surface area contributed by atoms with Gasteiger partial charge in [-0.25, -0.2) is 0 Å². The molecule has 0 bridgehead atoms. The first-order chi connectivity index (χ1) is 14.3. The van der Waals surface area contributed by atoms with Crippen LogP contribution in [0.1, 0.15) is 119 Å². The van der Waals surface area contributed by atoms with Crippen LogP contribution < -0.4 is 0 Å². The van der Waals surface area contributed by atoms with Gasteiger partial charge in [0.15, 0.2) is 0 Å². The Morgan fingerprint density at radius 3 is 2.40 bits per heavy atom. The van der Waals surface area contributed by atoms with Crippen molar-refractivity contribution in [3.05, 3.63) is 11.6 Å². The summed E-state index contributed by atoms with van der Waals surface area (Å²) in [4.78, 5) is 0. The molecule has 1 N–H and O–H groups in total. The van der Waals surface area contributed by atoms with Crippen molar-refractivity contribution in [2.75, 3.05) is 0 Å². The predicted octanol–water partition coefficient (Wildman–Crippen LogP) is 8.41. The summed E-state index contributed by atoms with van der Waals surface area (Å²) in [6.07, 6.45) is 17.2. The van der Waals surface area contributed by atoms with Gasteiger partial charge in [-0.15, -0.1) is 0 Å². The molecule has 8 atom stereocenters. The summed E-state index contributed by atoms with van der Waals surface area (Å²) in [6, 6.07) is 0. The summed E-state index contributed by atoms with van der Waals surface area (Å²) in [7, 11) is 0. The summed E-state index contributed by atoms with van der Waals surface area (Å²) < 4.78 is 0. The molecule has 0 spiro atoms. The normalized spacial score (nSPS) is 43.6. The van der Waals surface area contributed by atoms with Gasteiger partial charge in [0.2, 0.25) is 0 Å². The van der Waals surface area contributed by atoms with Crippen LogP contribution in [0.5, 0.6) is 0 Å². The van der Waals surface area contributed by atoms with E-state index in [1.54, 1.807) is 5.57 Å². The Morgan fingerprint density at radius 1 is 0.967 bits per heavy atom. The summed E-state index contributed by atoms with van der Waals surface area (Å²) in [5, 5.41) is 10.2. The molecule has 0 aromatic rings. The highest BCUT2D eigenvalue weighted by Crippen LogP contribution is 2.67. The lowest BCUT2D eigenvalue weighted by Gasteiger charge is -2.58. The van der Waals surface area contributed by atoms with E-state index < -0.39 is 0 Å². The van der Waals surface area contributed by atoms with Crippen molar-refractivity contribution in [1.29, 1.82) is 0 Å². The zero-order valence-corrected chi connectivity index (χ0v) is 21.3. The molecule has 0 aliphatic heterocycles. The molecule has 6 unspecified atom stereocenters. The molecule has 0 saturated heterocycles. The topological polar surface area (TPSA) is 20.2 Å². The van der Waals surface area contributed by atoms with Gasteiger partial charge in [-0.2, -0.15) is 0 Å². The first-order valence-corrected chi connectivity index (χ1v) is 13.6. The number of aliphatic hydroxyl groups is 1. The molecule has 3 saturated carbocycles. The molecule has 0 radical (unpaired) electrons. The quantitative estimate of drug-likeness (QED) is 0.446. The van der Waals surface area contributed by atoms with Gasteiger partial charge in [-0.1, -0.05) is 79.4 Å². The van der Waals surface area contributed by atoms with E-state index in [4.69, 9.17) is 0 Å². The molecular weight excluding hydrogens is 364 g/mol. The van der Waals surface area contributed by atoms with Crippen molar-refractivity contribution in [3.8, 4) is 0 Å². The minimum atomic E-state index is -0.0766. The largest absolute Gasteiger partial charge is 0.393 e. The zero-order chi connectivity index (χ0) is 22.1. The van der Waals surface area contributed by atoms with Gasteiger partial charge in [-0.3, -0.25) is 0 Å². The van der Waals surface area contributed by atoms with E-state index in [0.29, 0.717) is 10.8 Å². The SMILES string of the molecule is CC.CC(C)CCC[C@@H](C)[C@H]1CCC2C3CC=C4CC(O)CCC4(C)C3CCC21C. The highest BCUT2D eigenvalue weighted by Gasteiger charge is 2.59. The Bertz CT molecular complexity index is 591. The molecule has 3 fully saturated rings. The van der Waals surface area contributed by atoms with Gasteiger partial charge in [-0.05, 0) is 97.7 Å². The molecule has 4 rings (SSSR count). The zero-order valence-electron chi connectivity index (χ0n) is 21.3. The van der Waals surface area contributed by atoms with E-state index >= 15 is 0 Å². The van der Waals surface area contributed by atoms with Gasteiger partial charge in [0, 0.05) is 0 Å². The lowest BCUT2D eigenvalue weighted by atomic mass is 9.47. The van der Waals surface area contributed by atoms with Gasteiger partial charge < -0.3 is 5.11 Å². The van der Waals surface area contributed by atoms with Crippen molar-refractivity contribution in [1.82, 2.24) is 0 Å². The molecule has 1 heteroatoms. The number of rotatable bonds is 5. The number of aliphatic hydroxyl groups excluding tert-OH is 1. The molecule has 0 heterocycles. The number of allylic oxidation sites excluding steroid dienone is 1. The first kappa shape index (κ1) is 24.3. The van der Waals surface area contributed by atoms with E-state index in [1.165, 1.54) is 57.8 Å². The summed E-state index contributed by atoms with van der Waals surface area (Å²) >= 11 is 0. The van der Waals surface area contributed by atoms with Crippen LogP contribution in [0.2, 0.25) is 0 Å². The summed E-state index contributed by atoms with van der Waals surface area (Å²) in [6.45, 7) is 16.6. The second-order valence-electron chi connectivity index (χ2n) is 12.2. The Labute approximate surface area is 188 Å². The summed E-state index contributed by atoms with van der Waals surface area (Å²) in [5.74, 6) is 5.46. The van der Waals surface area contributed by atoms with Crippen LogP contribution in [0, 0.1) is 46.3 Å². The minimum absolute atomic E-state index is 0.0766. The Balaban J connectivity index is 0.00000124. The van der Waals surface area contributed by atoms with E-state index in [2.05, 4.69) is 40.7 Å². The molecule has 0 amide bonds. The molecule has 30 heavy (non-hydrogen) atoms. The Kier molecular flexibility index (Phi) is 7.85. The molecule has 174 valence electrons. The second kappa shape index (κ2) is 9.68. The second-order valence-corrected chi connectivity index (χ2v) is 12.2. The standard InChI is InChI=1S/C27H46O.C2H6/c1-18(2)7-6-8-19(3)23-11-12-24-22-10-9-20-17-21(28)13-15-26(20,4)25(22)14-16-27(23,24)5;1-2/h9,18-19,21-25,28H,6-8,10-17H2,1-5H3;1-2H3/t19-,21?,22?,23-,24?,25?,26?,27?;/m1./s1. The molecular formula is C29H52O. The molecule has 1 nitrogen and oxygen atoms in total. The number of hydrogen-bond donors (Lipinski definition) is 1. The fourth-order valence-corrected chi connectivity index (χ4v) is 8.67. The maximum atomic E-state index is 10.2. The lowest BCUT2D eigenvalue weighted by Crippen LogP contribution is -2.50. The van der Waals surface area contributed by atoms with Crippen LogP contribution in [0.3, 0.4) is 0 Å². The van der Waals surface area contributed by atoms with Crippen LogP contribution in [-0.4, -0.2) is 11.2 Å². The third-order valence-corrected chi connectivity index (χ3v) is 10.3. The number of hydrogen-bond acceptors (Lipinski definition) is 1. The average molecular weight is 417 g/mol. The van der Waals surface area contributed by atoms with E-state index in [1.807, 2.05) is 13.8 Å². The molecule has 0 aromatic carbocycles. The molecule has 4 aliphatic carbocycles. The van der Waals surface area contributed by atoms with E-state index in [0.717, 1.165) is 48.3 Å². The van der Waals surface area contributed by atoms with Gasteiger partial charge in [0.25, 0.3) is 0 Å². The smallest absolute Gasteiger partial charge is 0.0577 e. The lowest BCUT2D eigenvalue weighted by molar-refractivity contribution is -0.0573. The van der Waals surface area contributed by atoms with E-state index in [9.17, 15) is 5.11 Å².